The van der Waals surface area contributed by atoms with Gasteiger partial charge in [-0.05, 0) is 42.7 Å². The summed E-state index contributed by atoms with van der Waals surface area (Å²) in [7, 11) is 3.23. The summed E-state index contributed by atoms with van der Waals surface area (Å²) in [5.41, 5.74) is 7.44. The number of hydrogen-bond donors (Lipinski definition) is 2. The molecule has 3 rings (SSSR count). The van der Waals surface area contributed by atoms with Gasteiger partial charge in [0.15, 0.2) is 17.5 Å². The minimum atomic E-state index is 0.458. The molecule has 2 aliphatic rings. The number of rotatable bonds is 5. The van der Waals surface area contributed by atoms with Crippen LogP contribution in [-0.4, -0.2) is 26.7 Å². The van der Waals surface area contributed by atoms with Gasteiger partial charge in [-0.2, -0.15) is 0 Å². The average molecular weight is 275 g/mol. The van der Waals surface area contributed by atoms with Crippen LogP contribution in [0.15, 0.2) is 23.2 Å². The van der Waals surface area contributed by atoms with Gasteiger partial charge in [-0.15, -0.1) is 0 Å². The normalized spacial score (nSPS) is 22.5. The Labute approximate surface area is 119 Å². The molecular formula is C15H21N3O2. The van der Waals surface area contributed by atoms with Crippen LogP contribution in [0.4, 0.5) is 5.69 Å². The molecule has 0 aromatic heterocycles. The van der Waals surface area contributed by atoms with E-state index >= 15 is 0 Å². The Morgan fingerprint density at radius 2 is 2.10 bits per heavy atom. The van der Waals surface area contributed by atoms with Crippen LogP contribution in [0.1, 0.15) is 19.3 Å². The molecular weight excluding hydrogens is 254 g/mol. The average Bonchev–Trinajstić information content (AvgIpc) is 3.37. The maximum atomic E-state index is 5.92. The first-order valence-electron chi connectivity index (χ1n) is 6.96. The van der Waals surface area contributed by atoms with Gasteiger partial charge in [0.05, 0.1) is 14.2 Å². The van der Waals surface area contributed by atoms with Crippen LogP contribution in [0.5, 0.6) is 11.5 Å². The summed E-state index contributed by atoms with van der Waals surface area (Å²) in [6.07, 6.45) is 4.10. The number of guanidine groups is 1. The molecule has 2 saturated carbocycles. The lowest BCUT2D eigenvalue weighted by Crippen LogP contribution is -2.23. The van der Waals surface area contributed by atoms with Gasteiger partial charge >= 0.3 is 0 Å². The molecule has 2 aliphatic carbocycles. The number of anilines is 1. The van der Waals surface area contributed by atoms with E-state index in [-0.39, 0.29) is 0 Å². The van der Waals surface area contributed by atoms with Gasteiger partial charge in [-0.1, -0.05) is 0 Å². The van der Waals surface area contributed by atoms with E-state index in [1.165, 1.54) is 19.3 Å². The van der Waals surface area contributed by atoms with Crippen molar-refractivity contribution in [1.29, 1.82) is 0 Å². The zero-order chi connectivity index (χ0) is 14.2. The van der Waals surface area contributed by atoms with E-state index in [0.717, 1.165) is 18.2 Å². The zero-order valence-corrected chi connectivity index (χ0v) is 12.0. The molecule has 1 atom stereocenters. The highest BCUT2D eigenvalue weighted by molar-refractivity contribution is 5.92. The van der Waals surface area contributed by atoms with Crippen molar-refractivity contribution >= 4 is 11.6 Å². The quantitative estimate of drug-likeness (QED) is 0.638. The van der Waals surface area contributed by atoms with Crippen LogP contribution in [0.3, 0.4) is 0 Å². The van der Waals surface area contributed by atoms with Crippen molar-refractivity contribution in [2.75, 3.05) is 26.1 Å². The van der Waals surface area contributed by atoms with Gasteiger partial charge in [-0.3, -0.25) is 4.99 Å². The molecule has 108 valence electrons. The van der Waals surface area contributed by atoms with Gasteiger partial charge in [0.25, 0.3) is 0 Å². The van der Waals surface area contributed by atoms with Crippen molar-refractivity contribution in [3.63, 3.8) is 0 Å². The second-order valence-corrected chi connectivity index (χ2v) is 5.68. The summed E-state index contributed by atoms with van der Waals surface area (Å²) in [5.74, 6) is 2.58. The largest absolute Gasteiger partial charge is 0.493 e. The standard InChI is InChI=1S/C15H21N3O2/c1-19-12-4-3-11(7-13(12)20-2)18-14(16)17-9-10-8-15(10)5-6-15/h3-4,7,10H,5-6,8-9H2,1-2H3,(H3,16,17,18). The number of nitrogens with two attached hydrogens (primary N) is 1. The second kappa shape index (κ2) is 4.89. The lowest BCUT2D eigenvalue weighted by molar-refractivity contribution is 0.355. The molecule has 0 saturated heterocycles. The topological polar surface area (TPSA) is 68.9 Å². The van der Waals surface area contributed by atoms with Crippen LogP contribution in [-0.2, 0) is 0 Å². The lowest BCUT2D eigenvalue weighted by Gasteiger charge is -2.10. The first-order chi connectivity index (χ1) is 9.66. The monoisotopic (exact) mass is 275 g/mol. The summed E-state index contributed by atoms with van der Waals surface area (Å²) >= 11 is 0. The van der Waals surface area contributed by atoms with Crippen LogP contribution < -0.4 is 20.5 Å². The van der Waals surface area contributed by atoms with Gasteiger partial charge < -0.3 is 20.5 Å². The number of methoxy groups -OCH3 is 2. The lowest BCUT2D eigenvalue weighted by atomic mass is 10.3. The third-order valence-electron chi connectivity index (χ3n) is 4.39. The van der Waals surface area contributed by atoms with E-state index in [1.54, 1.807) is 14.2 Å². The molecule has 1 spiro atoms. The molecule has 1 aromatic rings. The second-order valence-electron chi connectivity index (χ2n) is 5.68. The van der Waals surface area contributed by atoms with Gasteiger partial charge in [0.2, 0.25) is 0 Å². The first-order valence-corrected chi connectivity index (χ1v) is 6.96. The predicted molar refractivity (Wildman–Crippen MR) is 79.4 cm³/mol. The van der Waals surface area contributed by atoms with Crippen LogP contribution >= 0.6 is 0 Å². The van der Waals surface area contributed by atoms with Crippen molar-refractivity contribution < 1.29 is 9.47 Å². The number of hydrogen-bond acceptors (Lipinski definition) is 3. The van der Waals surface area contributed by atoms with E-state index in [2.05, 4.69) is 10.3 Å². The number of aliphatic imine (C=N–C) groups is 1. The van der Waals surface area contributed by atoms with Crippen molar-refractivity contribution in [2.24, 2.45) is 22.1 Å². The van der Waals surface area contributed by atoms with Gasteiger partial charge in [-0.25, -0.2) is 0 Å². The molecule has 2 fully saturated rings. The Balaban J connectivity index is 1.60. The number of ether oxygens (including phenoxy) is 2. The Bertz CT molecular complexity index is 538. The smallest absolute Gasteiger partial charge is 0.193 e. The predicted octanol–water partition coefficient (Wildman–Crippen LogP) is 2.23. The zero-order valence-electron chi connectivity index (χ0n) is 12.0. The molecule has 0 heterocycles. The third kappa shape index (κ3) is 2.53. The highest BCUT2D eigenvalue weighted by Gasteiger charge is 2.62. The highest BCUT2D eigenvalue weighted by atomic mass is 16.5. The number of nitrogens with one attached hydrogen (secondary N) is 1. The molecule has 0 amide bonds. The molecule has 0 aliphatic heterocycles. The van der Waals surface area contributed by atoms with Crippen LogP contribution in [0.25, 0.3) is 0 Å². The van der Waals surface area contributed by atoms with E-state index in [9.17, 15) is 0 Å². The molecule has 1 aromatic carbocycles. The summed E-state index contributed by atoms with van der Waals surface area (Å²) in [6, 6.07) is 5.58. The van der Waals surface area contributed by atoms with Gasteiger partial charge in [0, 0.05) is 18.3 Å². The molecule has 5 nitrogen and oxygen atoms in total. The SMILES string of the molecule is COc1ccc(NC(N)=NCC2CC23CC3)cc1OC. The Hall–Kier alpha value is -1.91. The summed E-state index contributed by atoms with van der Waals surface area (Å²) < 4.78 is 10.5. The molecule has 1 unspecified atom stereocenters. The summed E-state index contributed by atoms with van der Waals surface area (Å²) in [4.78, 5) is 4.43. The summed E-state index contributed by atoms with van der Waals surface area (Å²) in [6.45, 7) is 0.839. The van der Waals surface area contributed by atoms with Crippen molar-refractivity contribution in [3.8, 4) is 11.5 Å². The summed E-state index contributed by atoms with van der Waals surface area (Å²) in [5, 5.41) is 3.09. The van der Waals surface area contributed by atoms with E-state index < -0.39 is 0 Å². The van der Waals surface area contributed by atoms with E-state index in [1.807, 2.05) is 18.2 Å². The Morgan fingerprint density at radius 3 is 2.70 bits per heavy atom. The maximum absolute atomic E-state index is 5.92. The minimum absolute atomic E-state index is 0.458. The first kappa shape index (κ1) is 13.1. The van der Waals surface area contributed by atoms with Crippen LogP contribution in [0.2, 0.25) is 0 Å². The molecule has 0 radical (unpaired) electrons. The highest BCUT2D eigenvalue weighted by Crippen LogP contribution is 2.70. The van der Waals surface area contributed by atoms with Crippen molar-refractivity contribution in [1.82, 2.24) is 0 Å². The Kier molecular flexibility index (Phi) is 3.20. The fraction of sp³-hybridized carbons (Fsp3) is 0.533. The van der Waals surface area contributed by atoms with Crippen LogP contribution in [0, 0.1) is 11.3 Å². The molecule has 20 heavy (non-hydrogen) atoms. The number of benzene rings is 1. The van der Waals surface area contributed by atoms with Crippen molar-refractivity contribution in [2.45, 2.75) is 19.3 Å². The molecule has 3 N–H and O–H groups in total. The molecule has 0 bridgehead atoms. The fourth-order valence-electron chi connectivity index (χ4n) is 2.77. The van der Waals surface area contributed by atoms with Gasteiger partial charge in [0.1, 0.15) is 0 Å². The third-order valence-corrected chi connectivity index (χ3v) is 4.39. The fourth-order valence-corrected chi connectivity index (χ4v) is 2.77. The molecule has 5 heteroatoms. The minimum Gasteiger partial charge on any atom is -0.493 e. The van der Waals surface area contributed by atoms with Crippen molar-refractivity contribution in [3.05, 3.63) is 18.2 Å². The Morgan fingerprint density at radius 1 is 1.35 bits per heavy atom. The number of nitrogens with zero attached hydrogens (tertiary/aromatic N) is 1. The van der Waals surface area contributed by atoms with E-state index in [4.69, 9.17) is 15.2 Å². The van der Waals surface area contributed by atoms with E-state index in [0.29, 0.717) is 22.9 Å². The maximum Gasteiger partial charge on any atom is 0.193 e.